The molecule has 0 unspecified atom stereocenters. The first kappa shape index (κ1) is 15.5. The lowest BCUT2D eigenvalue weighted by atomic mass is 10.2. The predicted molar refractivity (Wildman–Crippen MR) is 78.3 cm³/mol. The van der Waals surface area contributed by atoms with Crippen molar-refractivity contribution in [1.82, 2.24) is 4.90 Å². The van der Waals surface area contributed by atoms with E-state index in [0.717, 1.165) is 0 Å². The van der Waals surface area contributed by atoms with Crippen LogP contribution in [0, 0.1) is 0 Å². The van der Waals surface area contributed by atoms with Crippen LogP contribution in [0.2, 0.25) is 0 Å². The van der Waals surface area contributed by atoms with Crippen molar-refractivity contribution < 1.29 is 28.6 Å². The topological polar surface area (TPSA) is 88.1 Å². The summed E-state index contributed by atoms with van der Waals surface area (Å²) in [6, 6.07) is 4.20. The zero-order valence-electron chi connectivity index (χ0n) is 12.3. The molecule has 0 radical (unpaired) electrons. The molecule has 3 rings (SSSR count). The number of halogens is 1. The number of carbonyl (C=O) groups is 2. The fourth-order valence-corrected chi connectivity index (χ4v) is 2.79. The summed E-state index contributed by atoms with van der Waals surface area (Å²) in [4.78, 5) is 24.5. The number of alkyl halides is 1. The van der Waals surface area contributed by atoms with Gasteiger partial charge in [0.1, 0.15) is 12.2 Å². The second-order valence-corrected chi connectivity index (χ2v) is 5.55. The van der Waals surface area contributed by atoms with Gasteiger partial charge in [-0.1, -0.05) is 0 Å². The zero-order chi connectivity index (χ0) is 16.4. The number of hydrogen-bond donors (Lipinski definition) is 2. The quantitative estimate of drug-likeness (QED) is 0.847. The van der Waals surface area contributed by atoms with E-state index in [9.17, 15) is 14.0 Å². The predicted octanol–water partition coefficient (Wildman–Crippen LogP) is 1.24. The molecule has 2 atom stereocenters. The molecule has 2 aliphatic rings. The van der Waals surface area contributed by atoms with Crippen LogP contribution in [0.3, 0.4) is 0 Å². The van der Waals surface area contributed by atoms with E-state index in [-0.39, 0.29) is 38.6 Å². The van der Waals surface area contributed by atoms with Gasteiger partial charge in [-0.3, -0.25) is 14.5 Å². The van der Waals surface area contributed by atoms with Gasteiger partial charge in [0.15, 0.2) is 11.5 Å². The summed E-state index contributed by atoms with van der Waals surface area (Å²) in [6.45, 7) is 0.407. The van der Waals surface area contributed by atoms with Crippen molar-refractivity contribution in [2.24, 2.45) is 0 Å². The number of nitrogens with zero attached hydrogens (tertiary/aromatic N) is 1. The van der Waals surface area contributed by atoms with Crippen molar-refractivity contribution in [3.05, 3.63) is 18.2 Å². The van der Waals surface area contributed by atoms with E-state index in [0.29, 0.717) is 17.2 Å². The third kappa shape index (κ3) is 3.53. The van der Waals surface area contributed by atoms with Crippen LogP contribution < -0.4 is 14.8 Å². The van der Waals surface area contributed by atoms with Gasteiger partial charge in [-0.05, 0) is 12.1 Å². The molecule has 0 aromatic heterocycles. The summed E-state index contributed by atoms with van der Waals surface area (Å²) in [5.41, 5.74) is 0.568. The standard InChI is InChI=1S/C15H17FN2O5/c16-9-5-11(15(20)21)18(7-9)4-3-14(19)17-10-1-2-12-13(6-10)23-8-22-12/h1-2,6,9,11H,3-5,7-8H2,(H,17,19)(H,20,21)/t9-,11-/m0/s1. The SMILES string of the molecule is O=C(CCN1C[C@@H](F)C[C@H]1C(=O)O)Nc1ccc2c(c1)OCO2. The highest BCUT2D eigenvalue weighted by molar-refractivity contribution is 5.91. The summed E-state index contributed by atoms with van der Waals surface area (Å²) in [5, 5.41) is 11.8. The Morgan fingerprint density at radius 2 is 2.13 bits per heavy atom. The number of anilines is 1. The Hall–Kier alpha value is -2.35. The molecule has 2 N–H and O–H groups in total. The Balaban J connectivity index is 1.52. The van der Waals surface area contributed by atoms with Crippen LogP contribution in [0.4, 0.5) is 10.1 Å². The number of rotatable bonds is 5. The molecule has 23 heavy (non-hydrogen) atoms. The molecule has 0 spiro atoms. The number of carboxylic acids is 1. The summed E-state index contributed by atoms with van der Waals surface area (Å²) in [6.07, 6.45) is -1.10. The van der Waals surface area contributed by atoms with Gasteiger partial charge in [0.25, 0.3) is 0 Å². The minimum atomic E-state index is -1.16. The summed E-state index contributed by atoms with van der Waals surface area (Å²) >= 11 is 0. The molecule has 1 saturated heterocycles. The average molecular weight is 324 g/mol. The van der Waals surface area contributed by atoms with Gasteiger partial charge in [-0.2, -0.15) is 0 Å². The Morgan fingerprint density at radius 1 is 1.35 bits per heavy atom. The molecular formula is C15H17FN2O5. The maximum atomic E-state index is 13.4. The zero-order valence-corrected chi connectivity index (χ0v) is 12.3. The third-order valence-electron chi connectivity index (χ3n) is 3.92. The average Bonchev–Trinajstić information content (AvgIpc) is 3.10. The highest BCUT2D eigenvalue weighted by Crippen LogP contribution is 2.34. The first-order valence-corrected chi connectivity index (χ1v) is 7.33. The Labute approximate surface area is 132 Å². The van der Waals surface area contributed by atoms with Crippen LogP contribution in [0.1, 0.15) is 12.8 Å². The molecule has 124 valence electrons. The van der Waals surface area contributed by atoms with E-state index in [1.807, 2.05) is 0 Å². The van der Waals surface area contributed by atoms with Gasteiger partial charge in [-0.15, -0.1) is 0 Å². The second-order valence-electron chi connectivity index (χ2n) is 5.55. The molecule has 8 heteroatoms. The molecule has 1 aromatic rings. The van der Waals surface area contributed by atoms with E-state index >= 15 is 0 Å². The Kier molecular flexibility index (Phi) is 4.33. The molecule has 0 saturated carbocycles. The van der Waals surface area contributed by atoms with E-state index in [1.54, 1.807) is 18.2 Å². The van der Waals surface area contributed by atoms with Gasteiger partial charge >= 0.3 is 5.97 Å². The fourth-order valence-electron chi connectivity index (χ4n) is 2.79. The lowest BCUT2D eigenvalue weighted by Gasteiger charge is -2.20. The molecule has 1 amide bonds. The number of hydrogen-bond acceptors (Lipinski definition) is 5. The minimum absolute atomic E-state index is 0.0287. The van der Waals surface area contributed by atoms with Gasteiger partial charge in [0.2, 0.25) is 12.7 Å². The van der Waals surface area contributed by atoms with Crippen molar-refractivity contribution >= 4 is 17.6 Å². The number of aliphatic carboxylic acids is 1. The van der Waals surface area contributed by atoms with Crippen LogP contribution in [0.15, 0.2) is 18.2 Å². The lowest BCUT2D eigenvalue weighted by molar-refractivity contribution is -0.142. The van der Waals surface area contributed by atoms with Crippen molar-refractivity contribution in [1.29, 1.82) is 0 Å². The van der Waals surface area contributed by atoms with Gasteiger partial charge < -0.3 is 19.9 Å². The number of likely N-dealkylation sites (tertiary alicyclic amines) is 1. The number of nitrogens with one attached hydrogen (secondary N) is 1. The molecule has 2 aliphatic heterocycles. The molecule has 1 fully saturated rings. The van der Waals surface area contributed by atoms with Crippen LogP contribution in [0.25, 0.3) is 0 Å². The van der Waals surface area contributed by atoms with Gasteiger partial charge in [0, 0.05) is 37.7 Å². The number of benzene rings is 1. The van der Waals surface area contributed by atoms with Crippen molar-refractivity contribution in [2.75, 3.05) is 25.2 Å². The van der Waals surface area contributed by atoms with Crippen molar-refractivity contribution in [3.63, 3.8) is 0 Å². The monoisotopic (exact) mass is 324 g/mol. The van der Waals surface area contributed by atoms with Gasteiger partial charge in [-0.25, -0.2) is 4.39 Å². The first-order valence-electron chi connectivity index (χ1n) is 7.33. The highest BCUT2D eigenvalue weighted by atomic mass is 19.1. The largest absolute Gasteiger partial charge is 0.480 e. The number of amides is 1. The Bertz CT molecular complexity index is 624. The van der Waals surface area contributed by atoms with Crippen LogP contribution in [-0.4, -0.2) is 54.0 Å². The van der Waals surface area contributed by atoms with Gasteiger partial charge in [0.05, 0.1) is 0 Å². The molecule has 7 nitrogen and oxygen atoms in total. The van der Waals surface area contributed by atoms with E-state index in [1.165, 1.54) is 4.90 Å². The number of fused-ring (bicyclic) bond motifs is 1. The molecule has 2 heterocycles. The molecule has 0 aliphatic carbocycles. The van der Waals surface area contributed by atoms with E-state index in [2.05, 4.69) is 5.32 Å². The van der Waals surface area contributed by atoms with Crippen LogP contribution in [0.5, 0.6) is 11.5 Å². The van der Waals surface area contributed by atoms with E-state index < -0.39 is 18.2 Å². The second kappa shape index (κ2) is 6.41. The van der Waals surface area contributed by atoms with Crippen LogP contribution in [-0.2, 0) is 9.59 Å². The fraction of sp³-hybridized carbons (Fsp3) is 0.467. The summed E-state index contributed by atoms with van der Waals surface area (Å²) in [7, 11) is 0. The minimum Gasteiger partial charge on any atom is -0.480 e. The third-order valence-corrected chi connectivity index (χ3v) is 3.92. The molecule has 1 aromatic carbocycles. The number of carboxylic acid groups (broad SMARTS) is 1. The lowest BCUT2D eigenvalue weighted by Crippen LogP contribution is -2.37. The van der Waals surface area contributed by atoms with E-state index in [4.69, 9.17) is 14.6 Å². The normalized spacial score (nSPS) is 23.0. The summed E-state index contributed by atoms with van der Waals surface area (Å²) in [5.74, 6) is -0.136. The maximum Gasteiger partial charge on any atom is 0.321 e. The number of carbonyl (C=O) groups excluding carboxylic acids is 1. The number of ether oxygens (including phenoxy) is 2. The maximum absolute atomic E-state index is 13.4. The highest BCUT2D eigenvalue weighted by Gasteiger charge is 2.36. The summed E-state index contributed by atoms with van der Waals surface area (Å²) < 4.78 is 23.8. The van der Waals surface area contributed by atoms with Crippen molar-refractivity contribution in [3.8, 4) is 11.5 Å². The molecular weight excluding hydrogens is 307 g/mol. The molecule has 0 bridgehead atoms. The first-order chi connectivity index (χ1) is 11.0. The van der Waals surface area contributed by atoms with Crippen molar-refractivity contribution in [2.45, 2.75) is 25.1 Å². The Morgan fingerprint density at radius 3 is 2.91 bits per heavy atom. The van der Waals surface area contributed by atoms with Crippen LogP contribution >= 0.6 is 0 Å². The smallest absolute Gasteiger partial charge is 0.321 e.